The van der Waals surface area contributed by atoms with E-state index in [1.165, 1.54) is 0 Å². The van der Waals surface area contributed by atoms with Crippen LogP contribution in [0.25, 0.3) is 22.3 Å². The maximum Gasteiger partial charge on any atom is 0.309 e. The molecule has 156 valence electrons. The number of rotatable bonds is 6. The lowest BCUT2D eigenvalue weighted by molar-refractivity contribution is -0.147. The van der Waals surface area contributed by atoms with Gasteiger partial charge in [-0.15, -0.1) is 0 Å². The van der Waals surface area contributed by atoms with E-state index in [1.807, 2.05) is 72.8 Å². The largest absolute Gasteiger partial charge is 0.481 e. The minimum Gasteiger partial charge on any atom is -0.481 e. The highest BCUT2D eigenvalue weighted by atomic mass is 32.2. The Hall–Kier alpha value is -3.09. The maximum absolute atomic E-state index is 15.2. The van der Waals surface area contributed by atoms with Crippen molar-refractivity contribution in [1.82, 2.24) is 4.90 Å². The molecule has 0 amide bonds. The van der Waals surface area contributed by atoms with E-state index in [-0.39, 0.29) is 17.5 Å². The Morgan fingerprint density at radius 1 is 1.03 bits per heavy atom. The van der Waals surface area contributed by atoms with Crippen molar-refractivity contribution in [1.29, 1.82) is 0 Å². The highest BCUT2D eigenvalue weighted by molar-refractivity contribution is 7.99. The van der Waals surface area contributed by atoms with Gasteiger partial charge < -0.3 is 9.52 Å². The molecule has 0 spiro atoms. The molecule has 2 heterocycles. The number of carboxylic acids is 1. The molecule has 1 N–H and O–H groups in total. The molecule has 1 aliphatic rings. The zero-order chi connectivity index (χ0) is 21.4. The fourth-order valence-corrected chi connectivity index (χ4v) is 4.67. The fourth-order valence-electron chi connectivity index (χ4n) is 3.80. The molecule has 0 unspecified atom stereocenters. The number of likely N-dealkylation sites (tertiary alicyclic amines) is 1. The van der Waals surface area contributed by atoms with Crippen molar-refractivity contribution in [2.45, 2.75) is 16.3 Å². The Balaban J connectivity index is 1.34. The molecule has 6 heteroatoms. The third-order valence-corrected chi connectivity index (χ3v) is 6.50. The molecule has 4 nitrogen and oxygen atoms in total. The van der Waals surface area contributed by atoms with Crippen LogP contribution in [0.1, 0.15) is 5.56 Å². The second kappa shape index (κ2) is 8.21. The summed E-state index contributed by atoms with van der Waals surface area (Å²) in [6.07, 6.45) is 0. The van der Waals surface area contributed by atoms with Crippen LogP contribution in [0.5, 0.6) is 0 Å². The van der Waals surface area contributed by atoms with Crippen LogP contribution in [-0.2, 0) is 11.3 Å². The number of benzene rings is 3. The first-order chi connectivity index (χ1) is 15.1. The molecule has 4 aromatic rings. The summed E-state index contributed by atoms with van der Waals surface area (Å²) in [6, 6.07) is 23.1. The summed E-state index contributed by atoms with van der Waals surface area (Å²) in [7, 11) is 0. The summed E-state index contributed by atoms with van der Waals surface area (Å²) in [5.41, 5.74) is 2.27. The number of fused-ring (bicyclic) bond motifs is 1. The zero-order valence-corrected chi connectivity index (χ0v) is 17.4. The molecule has 0 aliphatic carbocycles. The maximum atomic E-state index is 15.2. The average Bonchev–Trinajstić information content (AvgIpc) is 3.07. The molecular formula is C25H20FNO3S. The predicted octanol–water partition coefficient (Wildman–Crippen LogP) is 5.91. The smallest absolute Gasteiger partial charge is 0.309 e. The third kappa shape index (κ3) is 4.09. The van der Waals surface area contributed by atoms with Crippen molar-refractivity contribution in [2.24, 2.45) is 5.92 Å². The predicted molar refractivity (Wildman–Crippen MR) is 119 cm³/mol. The fraction of sp³-hybridized carbons (Fsp3) is 0.160. The number of carbonyl (C=O) groups is 1. The Labute approximate surface area is 183 Å². The van der Waals surface area contributed by atoms with Gasteiger partial charge in [-0.2, -0.15) is 0 Å². The highest BCUT2D eigenvalue weighted by Gasteiger charge is 2.32. The molecule has 1 fully saturated rings. The number of halogens is 1. The van der Waals surface area contributed by atoms with Gasteiger partial charge in [0.1, 0.15) is 5.58 Å². The first-order valence-corrected chi connectivity index (χ1v) is 10.9. The quantitative estimate of drug-likeness (QED) is 0.410. The SMILES string of the molecule is O=C(O)C1CN(Cc2ccc(-c3oc4ccc(Sc5ccccc5)cc4c3F)cc2)C1. The molecule has 0 radical (unpaired) electrons. The van der Waals surface area contributed by atoms with Gasteiger partial charge >= 0.3 is 5.97 Å². The number of hydrogen-bond acceptors (Lipinski definition) is 4. The number of carboxylic acid groups (broad SMARTS) is 1. The van der Waals surface area contributed by atoms with E-state index in [0.717, 1.165) is 15.4 Å². The minimum absolute atomic E-state index is 0.235. The lowest BCUT2D eigenvalue weighted by atomic mass is 9.99. The Morgan fingerprint density at radius 2 is 1.77 bits per heavy atom. The van der Waals surface area contributed by atoms with Gasteiger partial charge in [-0.05, 0) is 35.9 Å². The van der Waals surface area contributed by atoms with Crippen LogP contribution in [0, 0.1) is 11.7 Å². The topological polar surface area (TPSA) is 53.7 Å². The minimum atomic E-state index is -0.739. The summed E-state index contributed by atoms with van der Waals surface area (Å²) in [4.78, 5) is 15.1. The van der Waals surface area contributed by atoms with Crippen molar-refractivity contribution in [3.63, 3.8) is 0 Å². The summed E-state index contributed by atoms with van der Waals surface area (Å²) >= 11 is 1.58. The molecular weight excluding hydrogens is 413 g/mol. The zero-order valence-electron chi connectivity index (χ0n) is 16.6. The molecule has 1 saturated heterocycles. The van der Waals surface area contributed by atoms with Gasteiger partial charge in [-0.3, -0.25) is 9.69 Å². The number of aliphatic carboxylic acids is 1. The van der Waals surface area contributed by atoms with Crippen LogP contribution in [0.3, 0.4) is 0 Å². The van der Waals surface area contributed by atoms with Crippen LogP contribution in [-0.4, -0.2) is 29.1 Å². The Kier molecular flexibility index (Phi) is 5.26. The van der Waals surface area contributed by atoms with Gasteiger partial charge in [0.15, 0.2) is 11.6 Å². The van der Waals surface area contributed by atoms with Crippen LogP contribution in [0.15, 0.2) is 87.0 Å². The number of nitrogens with zero attached hydrogens (tertiary/aromatic N) is 1. The number of hydrogen-bond donors (Lipinski definition) is 1. The molecule has 1 aliphatic heterocycles. The van der Waals surface area contributed by atoms with Gasteiger partial charge in [0.05, 0.1) is 11.3 Å². The van der Waals surface area contributed by atoms with Crippen LogP contribution in [0.4, 0.5) is 4.39 Å². The first-order valence-electron chi connectivity index (χ1n) is 10.1. The molecule has 0 bridgehead atoms. The molecule has 0 atom stereocenters. The molecule has 1 aromatic heterocycles. The monoisotopic (exact) mass is 433 g/mol. The molecule has 0 saturated carbocycles. The van der Waals surface area contributed by atoms with Crippen LogP contribution in [0.2, 0.25) is 0 Å². The van der Waals surface area contributed by atoms with Gasteiger partial charge in [0.25, 0.3) is 0 Å². The van der Waals surface area contributed by atoms with E-state index in [1.54, 1.807) is 11.8 Å². The van der Waals surface area contributed by atoms with Crippen molar-refractivity contribution in [2.75, 3.05) is 13.1 Å². The van der Waals surface area contributed by atoms with Gasteiger partial charge in [0, 0.05) is 35.0 Å². The van der Waals surface area contributed by atoms with E-state index in [4.69, 9.17) is 9.52 Å². The van der Waals surface area contributed by atoms with E-state index >= 15 is 4.39 Å². The van der Waals surface area contributed by atoms with Crippen molar-refractivity contribution < 1.29 is 18.7 Å². The second-order valence-corrected chi connectivity index (χ2v) is 8.89. The van der Waals surface area contributed by atoms with E-state index < -0.39 is 5.97 Å². The van der Waals surface area contributed by atoms with E-state index in [2.05, 4.69) is 4.90 Å². The van der Waals surface area contributed by atoms with Gasteiger partial charge in [0.2, 0.25) is 0 Å². The van der Waals surface area contributed by atoms with Crippen molar-refractivity contribution in [3.05, 3.63) is 84.2 Å². The van der Waals surface area contributed by atoms with Crippen LogP contribution >= 0.6 is 11.8 Å². The van der Waals surface area contributed by atoms with Gasteiger partial charge in [-0.1, -0.05) is 54.2 Å². The lowest BCUT2D eigenvalue weighted by Crippen LogP contribution is -2.49. The summed E-state index contributed by atoms with van der Waals surface area (Å²) in [5.74, 6) is -1.13. The number of furan rings is 1. The standard InChI is InChI=1S/C25H20FNO3S/c26-23-21-12-20(31-19-4-2-1-3-5-19)10-11-22(21)30-24(23)17-8-6-16(7-9-17)13-27-14-18(15-27)25(28)29/h1-12,18H,13-15H2,(H,28,29). The summed E-state index contributed by atoms with van der Waals surface area (Å²) < 4.78 is 21.0. The lowest BCUT2D eigenvalue weighted by Gasteiger charge is -2.36. The van der Waals surface area contributed by atoms with E-state index in [0.29, 0.717) is 36.2 Å². The normalized spacial score (nSPS) is 14.6. The second-order valence-electron chi connectivity index (χ2n) is 7.74. The van der Waals surface area contributed by atoms with Crippen molar-refractivity contribution in [3.8, 4) is 11.3 Å². The summed E-state index contributed by atoms with van der Waals surface area (Å²) in [6.45, 7) is 1.82. The molecule has 31 heavy (non-hydrogen) atoms. The van der Waals surface area contributed by atoms with Gasteiger partial charge in [-0.25, -0.2) is 4.39 Å². The first kappa shape index (κ1) is 19.8. The molecule has 3 aromatic carbocycles. The van der Waals surface area contributed by atoms with Crippen molar-refractivity contribution >= 4 is 28.7 Å². The average molecular weight is 434 g/mol. The third-order valence-electron chi connectivity index (χ3n) is 5.51. The molecule has 5 rings (SSSR count). The van der Waals surface area contributed by atoms with E-state index in [9.17, 15) is 4.79 Å². The van der Waals surface area contributed by atoms with Crippen LogP contribution < -0.4 is 0 Å². The summed E-state index contributed by atoms with van der Waals surface area (Å²) in [5, 5.41) is 9.45. The highest BCUT2D eigenvalue weighted by Crippen LogP contribution is 2.36. The Morgan fingerprint density at radius 3 is 2.48 bits per heavy atom. The Bertz CT molecular complexity index is 1230.